The van der Waals surface area contributed by atoms with E-state index in [1.165, 1.54) is 6.20 Å². The number of carbonyl (C=O) groups is 1. The monoisotopic (exact) mass is 219 g/mol. The molecular formula is C11H13N3O2. The molecule has 0 radical (unpaired) electrons. The summed E-state index contributed by atoms with van der Waals surface area (Å²) in [6.45, 7) is 4.38. The first-order valence-corrected chi connectivity index (χ1v) is 5.04. The lowest BCUT2D eigenvalue weighted by molar-refractivity contribution is 0.1000. The number of primary amides is 1. The molecule has 0 saturated heterocycles. The van der Waals surface area contributed by atoms with Gasteiger partial charge in [-0.25, -0.2) is 4.98 Å². The van der Waals surface area contributed by atoms with Crippen LogP contribution in [-0.2, 0) is 0 Å². The molecule has 5 nitrogen and oxygen atoms in total. The van der Waals surface area contributed by atoms with Crippen molar-refractivity contribution in [3.05, 3.63) is 29.6 Å². The zero-order valence-electron chi connectivity index (χ0n) is 9.23. The highest BCUT2D eigenvalue weighted by atomic mass is 16.7. The number of amides is 1. The summed E-state index contributed by atoms with van der Waals surface area (Å²) in [5.74, 6) is -0.476. The van der Waals surface area contributed by atoms with Gasteiger partial charge in [-0.1, -0.05) is 0 Å². The maximum absolute atomic E-state index is 11.0. The molecule has 0 fully saturated rings. The lowest BCUT2D eigenvalue weighted by Gasteiger charge is -2.06. The minimum absolute atomic E-state index is 0.404. The van der Waals surface area contributed by atoms with E-state index in [9.17, 15) is 4.79 Å². The van der Waals surface area contributed by atoms with Crippen molar-refractivity contribution >= 4 is 16.9 Å². The Labute approximate surface area is 92.8 Å². The van der Waals surface area contributed by atoms with Crippen LogP contribution < -0.4 is 10.6 Å². The standard InChI is InChI=1S/C11H13N3O2/c1-3-16-14-7(2)4-8-5-9(10(12)15)6-13-11(8)14/h4-6H,3H2,1-2H3,(H2,12,15). The highest BCUT2D eigenvalue weighted by Crippen LogP contribution is 2.17. The lowest BCUT2D eigenvalue weighted by Crippen LogP contribution is -2.13. The van der Waals surface area contributed by atoms with Crippen molar-refractivity contribution in [2.45, 2.75) is 13.8 Å². The zero-order chi connectivity index (χ0) is 11.7. The molecule has 2 N–H and O–H groups in total. The van der Waals surface area contributed by atoms with Crippen LogP contribution in [0, 0.1) is 6.92 Å². The molecule has 2 aromatic rings. The molecule has 2 aromatic heterocycles. The van der Waals surface area contributed by atoms with Crippen LogP contribution in [-0.4, -0.2) is 22.2 Å². The van der Waals surface area contributed by atoms with Crippen molar-refractivity contribution in [1.82, 2.24) is 9.71 Å². The van der Waals surface area contributed by atoms with Gasteiger partial charge in [-0.3, -0.25) is 4.79 Å². The van der Waals surface area contributed by atoms with E-state index in [0.717, 1.165) is 11.1 Å². The lowest BCUT2D eigenvalue weighted by atomic mass is 10.2. The summed E-state index contributed by atoms with van der Waals surface area (Å²) >= 11 is 0. The molecule has 1 amide bonds. The average Bonchev–Trinajstić information content (AvgIpc) is 2.55. The quantitative estimate of drug-likeness (QED) is 0.833. The van der Waals surface area contributed by atoms with Crippen LogP contribution in [0.25, 0.3) is 11.0 Å². The van der Waals surface area contributed by atoms with E-state index in [2.05, 4.69) is 4.98 Å². The average molecular weight is 219 g/mol. The van der Waals surface area contributed by atoms with E-state index in [0.29, 0.717) is 17.8 Å². The topological polar surface area (TPSA) is 70.1 Å². The van der Waals surface area contributed by atoms with Gasteiger partial charge in [0.25, 0.3) is 0 Å². The zero-order valence-corrected chi connectivity index (χ0v) is 9.23. The molecular weight excluding hydrogens is 206 g/mol. The Balaban J connectivity index is 2.60. The normalized spacial score (nSPS) is 10.6. The number of nitrogens with zero attached hydrogens (tertiary/aromatic N) is 2. The molecule has 0 aliphatic heterocycles. The molecule has 5 heteroatoms. The van der Waals surface area contributed by atoms with Crippen LogP contribution in [0.15, 0.2) is 18.3 Å². The minimum Gasteiger partial charge on any atom is -0.412 e. The van der Waals surface area contributed by atoms with Gasteiger partial charge in [0.1, 0.15) is 6.61 Å². The fraction of sp³-hybridized carbons (Fsp3) is 0.273. The van der Waals surface area contributed by atoms with E-state index in [1.807, 2.05) is 19.9 Å². The highest BCUT2D eigenvalue weighted by Gasteiger charge is 2.10. The number of carbonyl (C=O) groups excluding carboxylic acids is 1. The number of nitrogens with two attached hydrogens (primary N) is 1. The first kappa shape index (κ1) is 10.5. The first-order chi connectivity index (χ1) is 7.63. The summed E-state index contributed by atoms with van der Waals surface area (Å²) in [6, 6.07) is 3.62. The van der Waals surface area contributed by atoms with Gasteiger partial charge in [-0.15, -0.1) is 0 Å². The molecule has 2 rings (SSSR count). The maximum Gasteiger partial charge on any atom is 0.250 e. The van der Waals surface area contributed by atoms with Crippen molar-refractivity contribution in [2.75, 3.05) is 6.61 Å². The van der Waals surface area contributed by atoms with Crippen LogP contribution in [0.4, 0.5) is 0 Å². The Bertz CT molecular complexity index is 545. The van der Waals surface area contributed by atoms with E-state index in [1.54, 1.807) is 10.8 Å². The molecule has 16 heavy (non-hydrogen) atoms. The van der Waals surface area contributed by atoms with E-state index >= 15 is 0 Å². The second-order valence-corrected chi connectivity index (χ2v) is 3.50. The fourth-order valence-corrected chi connectivity index (χ4v) is 1.63. The predicted molar refractivity (Wildman–Crippen MR) is 60.1 cm³/mol. The fourth-order valence-electron chi connectivity index (χ4n) is 1.63. The summed E-state index contributed by atoms with van der Waals surface area (Å²) in [7, 11) is 0. The second-order valence-electron chi connectivity index (χ2n) is 3.50. The predicted octanol–water partition coefficient (Wildman–Crippen LogP) is 0.892. The van der Waals surface area contributed by atoms with E-state index in [4.69, 9.17) is 10.6 Å². The smallest absolute Gasteiger partial charge is 0.250 e. The van der Waals surface area contributed by atoms with Crippen LogP contribution in [0.2, 0.25) is 0 Å². The number of aromatic nitrogens is 2. The highest BCUT2D eigenvalue weighted by molar-refractivity contribution is 5.95. The largest absolute Gasteiger partial charge is 0.412 e. The van der Waals surface area contributed by atoms with Gasteiger partial charge in [0, 0.05) is 11.6 Å². The van der Waals surface area contributed by atoms with Crippen molar-refractivity contribution in [1.29, 1.82) is 0 Å². The summed E-state index contributed by atoms with van der Waals surface area (Å²) in [5, 5.41) is 0.849. The van der Waals surface area contributed by atoms with Gasteiger partial charge < -0.3 is 10.6 Å². The van der Waals surface area contributed by atoms with E-state index in [-0.39, 0.29) is 0 Å². The Kier molecular flexibility index (Phi) is 2.52. The molecule has 0 saturated carbocycles. The molecule has 0 atom stereocenters. The Morgan fingerprint density at radius 3 is 2.94 bits per heavy atom. The SMILES string of the molecule is CCOn1c(C)cc2cc(C(N)=O)cnc21. The molecule has 0 unspecified atom stereocenters. The van der Waals surface area contributed by atoms with Crippen molar-refractivity contribution in [2.24, 2.45) is 5.73 Å². The van der Waals surface area contributed by atoms with Gasteiger partial charge in [-0.05, 0) is 26.0 Å². The van der Waals surface area contributed by atoms with Crippen molar-refractivity contribution in [3.8, 4) is 0 Å². The molecule has 0 spiro atoms. The third-order valence-electron chi connectivity index (χ3n) is 2.31. The number of fused-ring (bicyclic) bond motifs is 1. The second kappa shape index (κ2) is 3.84. The van der Waals surface area contributed by atoms with Gasteiger partial charge in [0.05, 0.1) is 11.3 Å². The first-order valence-electron chi connectivity index (χ1n) is 5.04. The number of pyridine rings is 1. The Morgan fingerprint density at radius 1 is 1.56 bits per heavy atom. The van der Waals surface area contributed by atoms with Crippen LogP contribution in [0.1, 0.15) is 23.0 Å². The van der Waals surface area contributed by atoms with Crippen LogP contribution >= 0.6 is 0 Å². The van der Waals surface area contributed by atoms with E-state index < -0.39 is 5.91 Å². The Hall–Kier alpha value is -2.04. The molecule has 0 bridgehead atoms. The number of hydrogen-bond acceptors (Lipinski definition) is 3. The summed E-state index contributed by atoms with van der Waals surface area (Å²) < 4.78 is 1.65. The maximum atomic E-state index is 11.0. The summed E-state index contributed by atoms with van der Waals surface area (Å²) in [4.78, 5) is 20.6. The van der Waals surface area contributed by atoms with Gasteiger partial charge in [0.2, 0.25) is 5.91 Å². The number of aryl methyl sites for hydroxylation is 1. The third kappa shape index (κ3) is 1.60. The van der Waals surface area contributed by atoms with Gasteiger partial charge in [-0.2, -0.15) is 4.73 Å². The van der Waals surface area contributed by atoms with Gasteiger partial charge in [0.15, 0.2) is 5.65 Å². The molecule has 2 heterocycles. The molecule has 0 aliphatic carbocycles. The third-order valence-corrected chi connectivity index (χ3v) is 2.31. The number of hydrogen-bond donors (Lipinski definition) is 1. The van der Waals surface area contributed by atoms with Crippen LogP contribution in [0.3, 0.4) is 0 Å². The van der Waals surface area contributed by atoms with Crippen molar-refractivity contribution in [3.63, 3.8) is 0 Å². The molecule has 0 aromatic carbocycles. The summed E-state index contributed by atoms with van der Waals surface area (Å²) in [6.07, 6.45) is 1.46. The minimum atomic E-state index is -0.476. The van der Waals surface area contributed by atoms with Crippen molar-refractivity contribution < 1.29 is 9.63 Å². The Morgan fingerprint density at radius 2 is 2.31 bits per heavy atom. The van der Waals surface area contributed by atoms with Gasteiger partial charge >= 0.3 is 0 Å². The summed E-state index contributed by atoms with van der Waals surface area (Å²) in [5.41, 5.74) is 7.23. The van der Waals surface area contributed by atoms with Crippen LogP contribution in [0.5, 0.6) is 0 Å². The molecule has 0 aliphatic rings. The molecule has 84 valence electrons. The number of rotatable bonds is 3.